The second-order valence-electron chi connectivity index (χ2n) is 11.9. The van der Waals surface area contributed by atoms with Gasteiger partial charge in [0.05, 0.1) is 0 Å². The van der Waals surface area contributed by atoms with Gasteiger partial charge in [-0.25, -0.2) is 9.97 Å². The van der Waals surface area contributed by atoms with Crippen LogP contribution in [0.5, 0.6) is 0 Å². The largest absolute Gasteiger partial charge is 0.295 e. The van der Waals surface area contributed by atoms with Gasteiger partial charge in [-0.05, 0) is 71.9 Å². The maximum absolute atomic E-state index is 5.03. The molecule has 0 saturated heterocycles. The van der Waals surface area contributed by atoms with Crippen LogP contribution in [-0.2, 0) is 0 Å². The number of aromatic nitrogens is 2. The van der Waals surface area contributed by atoms with Gasteiger partial charge in [-0.15, -0.1) is 0 Å². The number of rotatable bonds is 7. The lowest BCUT2D eigenvalue weighted by Gasteiger charge is -2.27. The van der Waals surface area contributed by atoms with Gasteiger partial charge in [0.2, 0.25) is 6.71 Å². The van der Waals surface area contributed by atoms with Gasteiger partial charge in [-0.2, -0.15) is 0 Å². The molecule has 6 aromatic rings. The molecule has 1 heterocycles. The highest BCUT2D eigenvalue weighted by atomic mass is 15.2. The van der Waals surface area contributed by atoms with Gasteiger partial charge in [0.1, 0.15) is 5.82 Å². The fraction of sp³-hybridized carbons (Fsp3) is 0.150. The maximum Gasteiger partial charge on any atom is 0.242 e. The van der Waals surface area contributed by atoms with Crippen LogP contribution in [0.25, 0.3) is 11.4 Å². The zero-order chi connectivity index (χ0) is 30.8. The van der Waals surface area contributed by atoms with Crippen molar-refractivity contribution in [3.05, 3.63) is 155 Å². The highest BCUT2D eigenvalue weighted by molar-refractivity contribution is 6.96. The third-order valence-corrected chi connectivity index (χ3v) is 8.45. The van der Waals surface area contributed by atoms with Crippen LogP contribution in [0.2, 0.25) is 0 Å². The molecule has 1 aromatic heterocycles. The Morgan fingerprint density at radius 1 is 0.523 bits per heavy atom. The summed E-state index contributed by atoms with van der Waals surface area (Å²) in [6, 6.07) is 40.9. The van der Waals surface area contributed by atoms with E-state index in [1.165, 1.54) is 49.8 Å². The molecule has 5 aromatic carbocycles. The van der Waals surface area contributed by atoms with E-state index in [-0.39, 0.29) is 6.71 Å². The summed E-state index contributed by atoms with van der Waals surface area (Å²) in [6.45, 7) is 13.5. The number of hydrogen-bond acceptors (Lipinski definition) is 3. The van der Waals surface area contributed by atoms with E-state index in [0.717, 1.165) is 22.8 Å². The number of para-hydroxylation sites is 1. The van der Waals surface area contributed by atoms with Crippen molar-refractivity contribution in [2.45, 2.75) is 41.5 Å². The summed E-state index contributed by atoms with van der Waals surface area (Å²) < 4.78 is 0. The van der Waals surface area contributed by atoms with Crippen LogP contribution >= 0.6 is 0 Å². The molecule has 0 saturated carbocycles. The molecule has 3 nitrogen and oxygen atoms in total. The number of nitrogens with zero attached hydrogens (tertiary/aromatic N) is 3. The average Bonchev–Trinajstić information content (AvgIpc) is 3.01. The van der Waals surface area contributed by atoms with Crippen molar-refractivity contribution < 1.29 is 0 Å². The highest BCUT2D eigenvalue weighted by Gasteiger charge is 2.28. The van der Waals surface area contributed by atoms with Crippen molar-refractivity contribution >= 4 is 40.3 Å². The summed E-state index contributed by atoms with van der Waals surface area (Å²) in [4.78, 5) is 11.8. The molecule has 216 valence electrons. The van der Waals surface area contributed by atoms with Gasteiger partial charge in [0.25, 0.3) is 0 Å². The van der Waals surface area contributed by atoms with E-state index in [0.29, 0.717) is 5.82 Å². The molecule has 0 bridgehead atoms. The summed E-state index contributed by atoms with van der Waals surface area (Å²) in [5, 5.41) is 0. The molecule has 6 rings (SSSR count). The van der Waals surface area contributed by atoms with Crippen molar-refractivity contribution in [2.24, 2.45) is 0 Å². The van der Waals surface area contributed by atoms with Crippen LogP contribution in [0.4, 0.5) is 17.2 Å². The minimum atomic E-state index is 0.124. The number of anilines is 3. The van der Waals surface area contributed by atoms with Crippen molar-refractivity contribution in [1.29, 1.82) is 0 Å². The molecular formula is C40H38BN3. The van der Waals surface area contributed by atoms with E-state index in [2.05, 4.69) is 124 Å². The molecule has 4 heteroatoms. The molecule has 0 unspecified atom stereocenters. The third-order valence-electron chi connectivity index (χ3n) is 8.45. The second kappa shape index (κ2) is 12.3. The number of aryl methyl sites for hydroxylation is 6. The SMILES string of the molecule is Cc1cc(C)c(B(c2ccc(N(c3ccccc3)c3ccnc(-c4ccccc4)n3)cc2)c2c(C)cc(C)cc2C)c(C)c1. The average molecular weight is 572 g/mol. The fourth-order valence-electron chi connectivity index (χ4n) is 6.78. The van der Waals surface area contributed by atoms with E-state index >= 15 is 0 Å². The lowest BCUT2D eigenvalue weighted by molar-refractivity contribution is 1.12. The van der Waals surface area contributed by atoms with Crippen LogP contribution in [0, 0.1) is 41.5 Å². The lowest BCUT2D eigenvalue weighted by Crippen LogP contribution is -2.55. The summed E-state index contributed by atoms with van der Waals surface area (Å²) in [7, 11) is 0. The van der Waals surface area contributed by atoms with Crippen LogP contribution < -0.4 is 21.3 Å². The number of hydrogen-bond donors (Lipinski definition) is 0. The molecule has 0 fully saturated rings. The predicted molar refractivity (Wildman–Crippen MR) is 188 cm³/mol. The van der Waals surface area contributed by atoms with Crippen LogP contribution in [0.1, 0.15) is 33.4 Å². The quantitative estimate of drug-likeness (QED) is 0.182. The zero-order valence-corrected chi connectivity index (χ0v) is 26.5. The Hall–Kier alpha value is -4.96. The second-order valence-corrected chi connectivity index (χ2v) is 11.9. The van der Waals surface area contributed by atoms with Crippen LogP contribution in [-0.4, -0.2) is 16.7 Å². The Labute approximate surface area is 262 Å². The minimum absolute atomic E-state index is 0.124. The van der Waals surface area contributed by atoms with Crippen molar-refractivity contribution in [3.63, 3.8) is 0 Å². The Bertz CT molecular complexity index is 1810. The van der Waals surface area contributed by atoms with Gasteiger partial charge in [-0.1, -0.05) is 135 Å². The van der Waals surface area contributed by atoms with E-state index in [4.69, 9.17) is 4.98 Å². The maximum atomic E-state index is 5.03. The first-order chi connectivity index (χ1) is 21.3. The van der Waals surface area contributed by atoms with Gasteiger partial charge in [0, 0.05) is 23.1 Å². The minimum Gasteiger partial charge on any atom is -0.295 e. The normalized spacial score (nSPS) is 11.0. The third kappa shape index (κ3) is 5.81. The molecule has 0 atom stereocenters. The first-order valence-electron chi connectivity index (χ1n) is 15.3. The number of benzene rings is 5. The molecular weight excluding hydrogens is 533 g/mol. The predicted octanol–water partition coefficient (Wildman–Crippen LogP) is 7.98. The van der Waals surface area contributed by atoms with E-state index in [1.54, 1.807) is 0 Å². The first kappa shape index (κ1) is 29.1. The molecule has 0 aliphatic carbocycles. The summed E-state index contributed by atoms with van der Waals surface area (Å²) in [5.74, 6) is 1.53. The van der Waals surface area contributed by atoms with E-state index < -0.39 is 0 Å². The summed E-state index contributed by atoms with van der Waals surface area (Å²) >= 11 is 0. The Balaban J connectivity index is 1.49. The van der Waals surface area contributed by atoms with Gasteiger partial charge < -0.3 is 0 Å². The Kier molecular flexibility index (Phi) is 8.17. The summed E-state index contributed by atoms with van der Waals surface area (Å²) in [6.07, 6.45) is 1.84. The Morgan fingerprint density at radius 3 is 1.52 bits per heavy atom. The van der Waals surface area contributed by atoms with Crippen molar-refractivity contribution in [2.75, 3.05) is 4.90 Å². The van der Waals surface area contributed by atoms with Gasteiger partial charge >= 0.3 is 0 Å². The molecule has 0 aliphatic heterocycles. The van der Waals surface area contributed by atoms with Gasteiger partial charge in [-0.3, -0.25) is 4.90 Å². The molecule has 0 radical (unpaired) electrons. The molecule has 44 heavy (non-hydrogen) atoms. The fourth-order valence-corrected chi connectivity index (χ4v) is 6.78. The highest BCUT2D eigenvalue weighted by Crippen LogP contribution is 2.33. The first-order valence-corrected chi connectivity index (χ1v) is 15.3. The van der Waals surface area contributed by atoms with Gasteiger partial charge in [0.15, 0.2) is 5.82 Å². The smallest absolute Gasteiger partial charge is 0.242 e. The topological polar surface area (TPSA) is 29.0 Å². The zero-order valence-electron chi connectivity index (χ0n) is 26.5. The van der Waals surface area contributed by atoms with Crippen LogP contribution in [0.3, 0.4) is 0 Å². The van der Waals surface area contributed by atoms with E-state index in [1.807, 2.05) is 48.7 Å². The van der Waals surface area contributed by atoms with Crippen molar-refractivity contribution in [3.8, 4) is 11.4 Å². The summed E-state index contributed by atoms with van der Waals surface area (Å²) in [5.41, 5.74) is 15.1. The van der Waals surface area contributed by atoms with Crippen molar-refractivity contribution in [1.82, 2.24) is 9.97 Å². The lowest BCUT2D eigenvalue weighted by atomic mass is 9.34. The van der Waals surface area contributed by atoms with E-state index in [9.17, 15) is 0 Å². The monoisotopic (exact) mass is 571 g/mol. The molecule has 0 N–H and O–H groups in total. The molecule has 0 amide bonds. The Morgan fingerprint density at radius 2 is 1.00 bits per heavy atom. The van der Waals surface area contributed by atoms with Crippen LogP contribution in [0.15, 0.2) is 121 Å². The molecule has 0 spiro atoms. The standard InChI is InChI=1S/C40H38BN3/c1-27-23-29(3)38(30(4)24-27)41(39-31(5)25-28(2)26-32(39)6)34-17-19-36(20-18-34)44(35-15-11-8-12-16-35)37-21-22-42-40(43-37)33-13-9-7-10-14-33/h7-26H,1-6H3. The molecule has 0 aliphatic rings.